The first-order valence-electron chi connectivity index (χ1n) is 10.2. The van der Waals surface area contributed by atoms with Crippen molar-refractivity contribution < 1.29 is 0 Å². The second kappa shape index (κ2) is 6.66. The van der Waals surface area contributed by atoms with Gasteiger partial charge in [-0.05, 0) is 91.7 Å². The lowest BCUT2D eigenvalue weighted by Crippen LogP contribution is -2.35. The molecule has 2 heteroatoms. The van der Waals surface area contributed by atoms with E-state index < -0.39 is 0 Å². The molecule has 1 heterocycles. The second-order valence-corrected chi connectivity index (χ2v) is 8.34. The molecule has 0 amide bonds. The molecule has 0 spiro atoms. The Bertz CT molecular complexity index is 1110. The van der Waals surface area contributed by atoms with Crippen LogP contribution in [0, 0.1) is 27.7 Å². The SMILES string of the molecule is Cc1cc(C)cc(N2CN(c3cc(C)cc(C)c3)c3cccc4cccc2c34)c1. The minimum absolute atomic E-state index is 0.794. The van der Waals surface area contributed by atoms with E-state index in [0.29, 0.717) is 0 Å². The van der Waals surface area contributed by atoms with Gasteiger partial charge in [0.05, 0.1) is 18.0 Å². The highest BCUT2D eigenvalue weighted by atomic mass is 15.3. The maximum atomic E-state index is 2.45. The van der Waals surface area contributed by atoms with E-state index in [1.165, 1.54) is 55.8 Å². The van der Waals surface area contributed by atoms with Crippen molar-refractivity contribution in [2.75, 3.05) is 16.5 Å². The van der Waals surface area contributed by atoms with Crippen LogP contribution in [-0.4, -0.2) is 6.67 Å². The molecule has 29 heavy (non-hydrogen) atoms. The lowest BCUT2D eigenvalue weighted by molar-refractivity contribution is 0.914. The van der Waals surface area contributed by atoms with E-state index in [1.54, 1.807) is 0 Å². The smallest absolute Gasteiger partial charge is 0.1000 e. The highest BCUT2D eigenvalue weighted by Gasteiger charge is 2.26. The van der Waals surface area contributed by atoms with Gasteiger partial charge in [-0.1, -0.05) is 36.4 Å². The van der Waals surface area contributed by atoms with Gasteiger partial charge in [0.15, 0.2) is 0 Å². The zero-order valence-electron chi connectivity index (χ0n) is 17.5. The Morgan fingerprint density at radius 3 is 1.38 bits per heavy atom. The average molecular weight is 379 g/mol. The summed E-state index contributed by atoms with van der Waals surface area (Å²) in [5, 5.41) is 2.60. The molecule has 2 nitrogen and oxygen atoms in total. The van der Waals surface area contributed by atoms with Gasteiger partial charge in [-0.15, -0.1) is 0 Å². The summed E-state index contributed by atoms with van der Waals surface area (Å²) < 4.78 is 0. The van der Waals surface area contributed by atoms with Crippen molar-refractivity contribution in [3.8, 4) is 0 Å². The van der Waals surface area contributed by atoms with Gasteiger partial charge in [-0.25, -0.2) is 0 Å². The molecule has 4 aromatic rings. The molecule has 144 valence electrons. The predicted octanol–water partition coefficient (Wildman–Crippen LogP) is 7.32. The lowest BCUT2D eigenvalue weighted by atomic mass is 10.0. The van der Waals surface area contributed by atoms with Crippen molar-refractivity contribution in [2.24, 2.45) is 0 Å². The summed E-state index contributed by atoms with van der Waals surface area (Å²) >= 11 is 0. The Balaban J connectivity index is 1.78. The fraction of sp³-hybridized carbons (Fsp3) is 0.185. The van der Waals surface area contributed by atoms with Crippen LogP contribution in [0.2, 0.25) is 0 Å². The molecule has 0 radical (unpaired) electrons. The van der Waals surface area contributed by atoms with Crippen LogP contribution < -0.4 is 9.80 Å². The third-order valence-electron chi connectivity index (χ3n) is 5.76. The van der Waals surface area contributed by atoms with Gasteiger partial charge in [-0.3, -0.25) is 0 Å². The molecule has 0 saturated heterocycles. The maximum Gasteiger partial charge on any atom is 0.1000 e. The third kappa shape index (κ3) is 3.05. The van der Waals surface area contributed by atoms with Crippen LogP contribution >= 0.6 is 0 Å². The van der Waals surface area contributed by atoms with Crippen LogP contribution in [0.1, 0.15) is 22.3 Å². The molecule has 4 aromatic carbocycles. The Hall–Kier alpha value is -3.26. The van der Waals surface area contributed by atoms with E-state index in [1.807, 2.05) is 0 Å². The van der Waals surface area contributed by atoms with Gasteiger partial charge in [0, 0.05) is 16.8 Å². The molecule has 0 unspecified atom stereocenters. The first kappa shape index (κ1) is 17.8. The third-order valence-corrected chi connectivity index (χ3v) is 5.76. The van der Waals surface area contributed by atoms with Crippen molar-refractivity contribution in [1.29, 1.82) is 0 Å². The average Bonchev–Trinajstić information content (AvgIpc) is 2.67. The molecule has 1 aliphatic heterocycles. The summed E-state index contributed by atoms with van der Waals surface area (Å²) in [4.78, 5) is 4.90. The maximum absolute atomic E-state index is 2.45. The zero-order chi connectivity index (χ0) is 20.1. The molecule has 0 fully saturated rings. The van der Waals surface area contributed by atoms with Crippen molar-refractivity contribution in [1.82, 2.24) is 0 Å². The quantitative estimate of drug-likeness (QED) is 0.360. The van der Waals surface area contributed by atoms with Crippen molar-refractivity contribution in [3.63, 3.8) is 0 Å². The van der Waals surface area contributed by atoms with Gasteiger partial charge in [0.2, 0.25) is 0 Å². The summed E-state index contributed by atoms with van der Waals surface area (Å²) in [7, 11) is 0. The Morgan fingerprint density at radius 1 is 0.552 bits per heavy atom. The number of hydrogen-bond acceptors (Lipinski definition) is 2. The lowest BCUT2D eigenvalue weighted by Gasteiger charge is -2.40. The summed E-state index contributed by atoms with van der Waals surface area (Å²) in [5.74, 6) is 0. The first-order chi connectivity index (χ1) is 14.0. The van der Waals surface area contributed by atoms with Crippen LogP contribution in [0.25, 0.3) is 10.8 Å². The number of aryl methyl sites for hydroxylation is 4. The highest BCUT2D eigenvalue weighted by Crippen LogP contribution is 2.45. The van der Waals surface area contributed by atoms with Crippen molar-refractivity contribution >= 4 is 33.5 Å². The van der Waals surface area contributed by atoms with Gasteiger partial charge in [0.1, 0.15) is 0 Å². The van der Waals surface area contributed by atoms with E-state index >= 15 is 0 Å². The van der Waals surface area contributed by atoms with Gasteiger partial charge in [0.25, 0.3) is 0 Å². The predicted molar refractivity (Wildman–Crippen MR) is 125 cm³/mol. The molecule has 0 atom stereocenters. The minimum atomic E-state index is 0.794. The van der Waals surface area contributed by atoms with Gasteiger partial charge >= 0.3 is 0 Å². The molecular weight excluding hydrogens is 352 g/mol. The van der Waals surface area contributed by atoms with E-state index in [2.05, 4.69) is 110 Å². The second-order valence-electron chi connectivity index (χ2n) is 8.34. The number of nitrogens with zero attached hydrogens (tertiary/aromatic N) is 2. The highest BCUT2D eigenvalue weighted by molar-refractivity contribution is 6.08. The monoisotopic (exact) mass is 378 g/mol. The summed E-state index contributed by atoms with van der Waals surface area (Å²) in [5.41, 5.74) is 10.2. The molecule has 0 N–H and O–H groups in total. The Kier molecular flexibility index (Phi) is 4.09. The van der Waals surface area contributed by atoms with Gasteiger partial charge < -0.3 is 9.80 Å². The summed E-state index contributed by atoms with van der Waals surface area (Å²) in [6, 6.07) is 26.9. The van der Waals surface area contributed by atoms with Crippen LogP contribution in [0.4, 0.5) is 22.7 Å². The number of hydrogen-bond donors (Lipinski definition) is 0. The fourth-order valence-corrected chi connectivity index (χ4v) is 4.70. The molecule has 5 rings (SSSR count). The van der Waals surface area contributed by atoms with E-state index in [9.17, 15) is 0 Å². The first-order valence-corrected chi connectivity index (χ1v) is 10.2. The molecular formula is C27H26N2. The van der Waals surface area contributed by atoms with Crippen molar-refractivity contribution in [2.45, 2.75) is 27.7 Å². The fourth-order valence-electron chi connectivity index (χ4n) is 4.70. The normalized spacial score (nSPS) is 13.2. The van der Waals surface area contributed by atoms with E-state index in [0.717, 1.165) is 6.67 Å². The number of benzene rings is 4. The number of anilines is 4. The van der Waals surface area contributed by atoms with E-state index in [4.69, 9.17) is 0 Å². The van der Waals surface area contributed by atoms with E-state index in [-0.39, 0.29) is 0 Å². The summed E-state index contributed by atoms with van der Waals surface area (Å²) in [6.07, 6.45) is 0. The van der Waals surface area contributed by atoms with Crippen LogP contribution in [0.15, 0.2) is 72.8 Å². The van der Waals surface area contributed by atoms with Crippen LogP contribution in [0.3, 0.4) is 0 Å². The standard InChI is InChI=1S/C27H26N2/c1-18-11-19(2)14-23(13-18)28-17-29(24-15-20(3)12-21(4)16-24)26-10-6-8-22-7-5-9-25(28)27(22)26/h5-16H,17H2,1-4H3. The molecule has 0 saturated carbocycles. The largest absolute Gasteiger partial charge is 0.322 e. The van der Waals surface area contributed by atoms with Crippen LogP contribution in [-0.2, 0) is 0 Å². The zero-order valence-corrected chi connectivity index (χ0v) is 17.5. The summed E-state index contributed by atoms with van der Waals surface area (Å²) in [6.45, 7) is 9.50. The minimum Gasteiger partial charge on any atom is -0.322 e. The molecule has 0 aliphatic carbocycles. The molecule has 0 bridgehead atoms. The molecule has 0 aromatic heterocycles. The van der Waals surface area contributed by atoms with Crippen LogP contribution in [0.5, 0.6) is 0 Å². The molecule has 1 aliphatic rings. The Labute approximate surface area is 173 Å². The number of rotatable bonds is 2. The van der Waals surface area contributed by atoms with Gasteiger partial charge in [-0.2, -0.15) is 0 Å². The topological polar surface area (TPSA) is 6.48 Å². The van der Waals surface area contributed by atoms with Crippen molar-refractivity contribution in [3.05, 3.63) is 95.1 Å². The Morgan fingerprint density at radius 2 is 0.966 bits per heavy atom.